The van der Waals surface area contributed by atoms with E-state index in [9.17, 15) is 0 Å². The van der Waals surface area contributed by atoms with Gasteiger partial charge in [0, 0.05) is 0 Å². The zero-order chi connectivity index (χ0) is 19.2. The molecule has 0 spiro atoms. The maximum Gasteiger partial charge on any atom is -0.0156 e. The molecule has 138 valence electrons. The molecule has 0 atom stereocenters. The van der Waals surface area contributed by atoms with E-state index in [1.54, 1.807) is 0 Å². The van der Waals surface area contributed by atoms with Crippen molar-refractivity contribution in [3.8, 4) is 0 Å². The van der Waals surface area contributed by atoms with E-state index in [4.69, 9.17) is 0 Å². The fraction of sp³-hybridized carbons (Fsp3) is 0.0385. The van der Waals surface area contributed by atoms with Crippen molar-refractivity contribution in [2.45, 2.75) is 0 Å². The van der Waals surface area contributed by atoms with E-state index in [1.165, 1.54) is 21.2 Å². The standard InChI is InChI=1S/C26H24P2/c1-28(25-18-10-4-11-19-25,26-20-12-5-13-21-26)22-27(23-14-6-2-7-15-23)24-16-8-3-9-17-24/h2-22H,1H3. The minimum Gasteiger partial charge on any atom is -0.0622 e. The van der Waals surface area contributed by atoms with Crippen LogP contribution in [0.2, 0.25) is 0 Å². The molecule has 0 aliphatic heterocycles. The Bertz CT molecular complexity index is 973. The van der Waals surface area contributed by atoms with Crippen molar-refractivity contribution in [2.24, 2.45) is 0 Å². The molecule has 0 heterocycles. The van der Waals surface area contributed by atoms with Crippen LogP contribution < -0.4 is 21.2 Å². The molecule has 0 bridgehead atoms. The Morgan fingerprint density at radius 1 is 0.500 bits per heavy atom. The molecule has 4 rings (SSSR count). The lowest BCUT2D eigenvalue weighted by molar-refractivity contribution is 1.75. The van der Waals surface area contributed by atoms with Gasteiger partial charge < -0.3 is 0 Å². The summed E-state index contributed by atoms with van der Waals surface area (Å²) in [4.78, 5) is 0. The van der Waals surface area contributed by atoms with E-state index in [0.29, 0.717) is 0 Å². The maximum atomic E-state index is 2.68. The molecule has 2 heteroatoms. The van der Waals surface area contributed by atoms with Gasteiger partial charge in [-0.3, -0.25) is 0 Å². The molecule has 0 unspecified atom stereocenters. The van der Waals surface area contributed by atoms with Gasteiger partial charge in [-0.05, 0) is 41.3 Å². The lowest BCUT2D eigenvalue weighted by Gasteiger charge is -2.27. The Morgan fingerprint density at radius 3 is 1.18 bits per heavy atom. The highest BCUT2D eigenvalue weighted by molar-refractivity contribution is 8.04. The van der Waals surface area contributed by atoms with E-state index >= 15 is 0 Å². The third-order valence-corrected chi connectivity index (χ3v) is 12.2. The number of hydrogen-bond acceptors (Lipinski definition) is 0. The predicted molar refractivity (Wildman–Crippen MR) is 130 cm³/mol. The summed E-state index contributed by atoms with van der Waals surface area (Å²) in [6.45, 7) is 0.800. The summed E-state index contributed by atoms with van der Waals surface area (Å²) in [5.74, 6) is 0. The first-order valence-electron chi connectivity index (χ1n) is 9.50. The Balaban J connectivity index is 1.97. The largest absolute Gasteiger partial charge is 0.0622 e. The fourth-order valence-electron chi connectivity index (χ4n) is 3.45. The topological polar surface area (TPSA) is 0 Å². The first-order chi connectivity index (χ1) is 13.8. The van der Waals surface area contributed by atoms with Crippen molar-refractivity contribution in [3.05, 3.63) is 121 Å². The summed E-state index contributed by atoms with van der Waals surface area (Å²) in [6, 6.07) is 44.0. The summed E-state index contributed by atoms with van der Waals surface area (Å²) < 4.78 is 0. The molecule has 28 heavy (non-hydrogen) atoms. The first kappa shape index (κ1) is 18.9. The Kier molecular flexibility index (Phi) is 5.92. The van der Waals surface area contributed by atoms with Gasteiger partial charge >= 0.3 is 0 Å². The molecule has 4 aromatic carbocycles. The molecule has 0 saturated carbocycles. The molecule has 0 aromatic heterocycles. The second-order valence-electron chi connectivity index (χ2n) is 6.90. The van der Waals surface area contributed by atoms with Gasteiger partial charge in [0.2, 0.25) is 0 Å². The van der Waals surface area contributed by atoms with Crippen LogP contribution in [0.15, 0.2) is 121 Å². The van der Waals surface area contributed by atoms with E-state index < -0.39 is 14.8 Å². The molecule has 4 aromatic rings. The zero-order valence-corrected chi connectivity index (χ0v) is 17.8. The van der Waals surface area contributed by atoms with Gasteiger partial charge in [0.1, 0.15) is 0 Å². The monoisotopic (exact) mass is 398 g/mol. The van der Waals surface area contributed by atoms with E-state index in [0.717, 1.165) is 0 Å². The van der Waals surface area contributed by atoms with Crippen molar-refractivity contribution in [3.63, 3.8) is 0 Å². The quantitative estimate of drug-likeness (QED) is 0.407. The van der Waals surface area contributed by atoms with Crippen LogP contribution in [0, 0.1) is 0 Å². The molecular formula is C26H24P2. The fourth-order valence-corrected chi connectivity index (χ4v) is 10.6. The zero-order valence-electron chi connectivity index (χ0n) is 16.0. The second-order valence-corrected chi connectivity index (χ2v) is 12.8. The molecule has 0 saturated heterocycles. The molecule has 0 amide bonds. The molecule has 0 fully saturated rings. The molecule has 0 N–H and O–H groups in total. The van der Waals surface area contributed by atoms with Crippen LogP contribution >= 0.6 is 14.8 Å². The highest BCUT2D eigenvalue weighted by Gasteiger charge is 2.21. The van der Waals surface area contributed by atoms with E-state index in [2.05, 4.69) is 134 Å². The molecule has 0 radical (unpaired) electrons. The van der Waals surface area contributed by atoms with Crippen LogP contribution in [0.5, 0.6) is 0 Å². The normalized spacial score (nSPS) is 11.4. The van der Waals surface area contributed by atoms with Gasteiger partial charge in [-0.15, -0.1) is 0 Å². The second kappa shape index (κ2) is 8.74. The third kappa shape index (κ3) is 4.05. The van der Waals surface area contributed by atoms with Crippen molar-refractivity contribution < 1.29 is 0 Å². The molecule has 0 aliphatic rings. The van der Waals surface area contributed by atoms with Crippen LogP contribution in [0.3, 0.4) is 0 Å². The summed E-state index contributed by atoms with van der Waals surface area (Å²) in [5.41, 5.74) is 2.68. The van der Waals surface area contributed by atoms with E-state index in [-0.39, 0.29) is 0 Å². The van der Waals surface area contributed by atoms with Crippen LogP contribution in [-0.4, -0.2) is 12.2 Å². The lowest BCUT2D eigenvalue weighted by Crippen LogP contribution is -2.20. The predicted octanol–water partition coefficient (Wildman–Crippen LogP) is 5.18. The Morgan fingerprint density at radius 2 is 0.821 bits per heavy atom. The van der Waals surface area contributed by atoms with Gasteiger partial charge in [-0.1, -0.05) is 128 Å². The summed E-state index contributed by atoms with van der Waals surface area (Å²) in [6.07, 6.45) is 0. The van der Waals surface area contributed by atoms with Crippen molar-refractivity contribution in [1.82, 2.24) is 0 Å². The highest BCUT2D eigenvalue weighted by Crippen LogP contribution is 2.47. The number of rotatable bonds is 5. The molecule has 0 nitrogen and oxygen atoms in total. The van der Waals surface area contributed by atoms with Crippen molar-refractivity contribution >= 4 is 41.6 Å². The Labute approximate surface area is 169 Å². The third-order valence-electron chi connectivity index (χ3n) is 5.00. The van der Waals surface area contributed by atoms with Gasteiger partial charge in [-0.25, -0.2) is 0 Å². The van der Waals surface area contributed by atoms with Crippen LogP contribution in [0.25, 0.3) is 0 Å². The summed E-state index contributed by atoms with van der Waals surface area (Å²) in [7, 11) is -0.562. The minimum atomic E-state index is -1.66. The van der Waals surface area contributed by atoms with Gasteiger partial charge in [0.05, 0.1) is 0 Å². The smallest absolute Gasteiger partial charge is 0.0156 e. The van der Waals surface area contributed by atoms with Gasteiger partial charge in [0.25, 0.3) is 0 Å². The van der Waals surface area contributed by atoms with Crippen LogP contribution in [-0.2, 0) is 0 Å². The summed E-state index contributed by atoms with van der Waals surface area (Å²) in [5, 5.41) is 5.67. The molecule has 0 aliphatic carbocycles. The van der Waals surface area contributed by atoms with Crippen LogP contribution in [0.1, 0.15) is 0 Å². The first-order valence-corrected chi connectivity index (χ1v) is 13.2. The minimum absolute atomic E-state index is 0.562. The van der Waals surface area contributed by atoms with Crippen LogP contribution in [0.4, 0.5) is 0 Å². The lowest BCUT2D eigenvalue weighted by atomic mass is 10.4. The average Bonchev–Trinajstić information content (AvgIpc) is 2.80. The van der Waals surface area contributed by atoms with Crippen molar-refractivity contribution in [1.29, 1.82) is 0 Å². The van der Waals surface area contributed by atoms with Gasteiger partial charge in [0.15, 0.2) is 0 Å². The maximum absolute atomic E-state index is 2.68. The SMILES string of the molecule is CP(=CP(c1ccccc1)c1ccccc1)(c1ccccc1)c1ccccc1. The molecular weight excluding hydrogens is 374 g/mol. The average molecular weight is 398 g/mol. The Hall–Kier alpha value is -2.39. The number of hydrogen-bond donors (Lipinski definition) is 0. The number of benzene rings is 4. The van der Waals surface area contributed by atoms with E-state index in [1.807, 2.05) is 0 Å². The van der Waals surface area contributed by atoms with Crippen molar-refractivity contribution in [2.75, 3.05) is 6.66 Å². The highest BCUT2D eigenvalue weighted by atomic mass is 31.2. The summed E-state index contributed by atoms with van der Waals surface area (Å²) >= 11 is 0. The van der Waals surface area contributed by atoms with Gasteiger partial charge in [-0.2, -0.15) is 0 Å².